The van der Waals surface area contributed by atoms with Crippen LogP contribution in [-0.4, -0.2) is 43.7 Å². The molecule has 0 radical (unpaired) electrons. The van der Waals surface area contributed by atoms with E-state index in [1.165, 1.54) is 6.07 Å². The number of likely N-dealkylation sites (tertiary alicyclic amines) is 1. The van der Waals surface area contributed by atoms with Gasteiger partial charge in [-0.05, 0) is 37.8 Å². The van der Waals surface area contributed by atoms with Gasteiger partial charge in [0.1, 0.15) is 5.82 Å². The molecule has 1 aliphatic heterocycles. The quantitative estimate of drug-likeness (QED) is 0.846. The van der Waals surface area contributed by atoms with Crippen LogP contribution >= 0.6 is 0 Å². The van der Waals surface area contributed by atoms with Crippen molar-refractivity contribution >= 4 is 5.91 Å². The average molecular weight is 339 g/mol. The first-order valence-electron chi connectivity index (χ1n) is 8.42. The molecule has 6 heteroatoms. The summed E-state index contributed by atoms with van der Waals surface area (Å²) in [5.74, 6) is -1.74. The number of halogens is 2. The number of amides is 1. The number of hydrogen-bond donors (Lipinski definition) is 0. The highest BCUT2D eigenvalue weighted by atomic mass is 19.1. The minimum absolute atomic E-state index is 0.0454. The largest absolute Gasteiger partial charge is 0.481 e. The number of carbonyl (C=O) groups is 1. The Labute approximate surface area is 140 Å². The Hall–Kier alpha value is -1.69. The molecule has 3 rings (SSSR count). The van der Waals surface area contributed by atoms with Gasteiger partial charge in [0.05, 0.1) is 6.10 Å². The smallest absolute Gasteiger partial charge is 0.260 e. The summed E-state index contributed by atoms with van der Waals surface area (Å²) in [6, 6.07) is 3.06. The van der Waals surface area contributed by atoms with Crippen molar-refractivity contribution < 1.29 is 23.0 Å². The third-order valence-electron chi connectivity index (χ3n) is 5.31. The Bertz CT molecular complexity index is 610. The first-order chi connectivity index (χ1) is 11.5. The van der Waals surface area contributed by atoms with Gasteiger partial charge in [0.2, 0.25) is 0 Å². The molecule has 2 atom stereocenters. The summed E-state index contributed by atoms with van der Waals surface area (Å²) in [7, 11) is 1.74. The van der Waals surface area contributed by atoms with Crippen LogP contribution < -0.4 is 4.74 Å². The predicted octanol–water partition coefficient (Wildman–Crippen LogP) is 3.15. The lowest BCUT2D eigenvalue weighted by Crippen LogP contribution is -2.50. The molecule has 2 fully saturated rings. The molecular formula is C18H23F2NO3. The fourth-order valence-corrected chi connectivity index (χ4v) is 4.14. The van der Waals surface area contributed by atoms with E-state index in [-0.39, 0.29) is 29.8 Å². The van der Waals surface area contributed by atoms with Crippen molar-refractivity contribution in [1.82, 2.24) is 4.90 Å². The molecule has 24 heavy (non-hydrogen) atoms. The van der Waals surface area contributed by atoms with Crippen molar-refractivity contribution in [2.45, 2.75) is 38.2 Å². The first kappa shape index (κ1) is 17.1. The third kappa shape index (κ3) is 3.38. The maximum atomic E-state index is 13.6. The van der Waals surface area contributed by atoms with E-state index in [4.69, 9.17) is 9.47 Å². The Kier molecular flexibility index (Phi) is 5.04. The van der Waals surface area contributed by atoms with Gasteiger partial charge < -0.3 is 14.4 Å². The number of piperidine rings is 1. The lowest BCUT2D eigenvalue weighted by atomic mass is 9.76. The van der Waals surface area contributed by atoms with Crippen LogP contribution in [0, 0.1) is 17.0 Å². The predicted molar refractivity (Wildman–Crippen MR) is 84.7 cm³/mol. The third-order valence-corrected chi connectivity index (χ3v) is 5.31. The molecule has 1 aliphatic carbocycles. The van der Waals surface area contributed by atoms with Crippen LogP contribution in [0.15, 0.2) is 18.2 Å². The Morgan fingerprint density at radius 3 is 2.88 bits per heavy atom. The molecule has 1 aromatic rings. The average Bonchev–Trinajstić information content (AvgIpc) is 2.95. The molecule has 1 saturated carbocycles. The second-order valence-corrected chi connectivity index (χ2v) is 6.76. The van der Waals surface area contributed by atoms with Crippen LogP contribution in [-0.2, 0) is 9.53 Å². The highest BCUT2D eigenvalue weighted by Crippen LogP contribution is 2.46. The van der Waals surface area contributed by atoms with Gasteiger partial charge in [-0.1, -0.05) is 6.42 Å². The zero-order chi connectivity index (χ0) is 17.2. The Morgan fingerprint density at radius 1 is 1.33 bits per heavy atom. The van der Waals surface area contributed by atoms with Crippen LogP contribution in [0.3, 0.4) is 0 Å². The highest BCUT2D eigenvalue weighted by molar-refractivity contribution is 5.78. The number of benzene rings is 1. The van der Waals surface area contributed by atoms with Crippen LogP contribution in [0.25, 0.3) is 0 Å². The lowest BCUT2D eigenvalue weighted by molar-refractivity contribution is -0.139. The zero-order valence-electron chi connectivity index (χ0n) is 13.9. The van der Waals surface area contributed by atoms with Gasteiger partial charge >= 0.3 is 0 Å². The Balaban J connectivity index is 1.60. The number of methoxy groups -OCH3 is 1. The number of rotatable bonds is 4. The summed E-state index contributed by atoms with van der Waals surface area (Å²) in [6.45, 7) is 1.11. The minimum atomic E-state index is -0.798. The van der Waals surface area contributed by atoms with Crippen LogP contribution in [0.5, 0.6) is 5.75 Å². The van der Waals surface area contributed by atoms with Gasteiger partial charge in [0.25, 0.3) is 5.91 Å². The number of hydrogen-bond acceptors (Lipinski definition) is 3. The second kappa shape index (κ2) is 7.05. The summed E-state index contributed by atoms with van der Waals surface area (Å²) in [5, 5.41) is 0. The molecule has 0 bridgehead atoms. The van der Waals surface area contributed by atoms with E-state index in [9.17, 15) is 13.6 Å². The fraction of sp³-hybridized carbons (Fsp3) is 0.611. The van der Waals surface area contributed by atoms with Crippen LogP contribution in [0.4, 0.5) is 8.78 Å². The molecule has 2 aliphatic rings. The summed E-state index contributed by atoms with van der Waals surface area (Å²) >= 11 is 0. The fourth-order valence-electron chi connectivity index (χ4n) is 4.14. The highest BCUT2D eigenvalue weighted by Gasteiger charge is 2.46. The SMILES string of the molecule is CO[C@@H]1CCC[C@@]12CCCN(C(=O)COc1ccc(F)cc1F)C2. The van der Waals surface area contributed by atoms with Crippen molar-refractivity contribution in [1.29, 1.82) is 0 Å². The van der Waals surface area contributed by atoms with Gasteiger partial charge in [0.15, 0.2) is 18.2 Å². The molecule has 132 valence electrons. The maximum absolute atomic E-state index is 13.6. The monoisotopic (exact) mass is 339 g/mol. The van der Waals surface area contributed by atoms with Crippen molar-refractivity contribution in [3.8, 4) is 5.75 Å². The second-order valence-electron chi connectivity index (χ2n) is 6.76. The van der Waals surface area contributed by atoms with E-state index in [0.29, 0.717) is 13.1 Å². The topological polar surface area (TPSA) is 38.8 Å². The van der Waals surface area contributed by atoms with E-state index in [1.807, 2.05) is 0 Å². The van der Waals surface area contributed by atoms with E-state index in [0.717, 1.165) is 44.2 Å². The van der Waals surface area contributed by atoms with E-state index in [1.54, 1.807) is 12.0 Å². The molecule has 0 N–H and O–H groups in total. The van der Waals surface area contributed by atoms with Crippen LogP contribution in [0.2, 0.25) is 0 Å². The molecule has 4 nitrogen and oxygen atoms in total. The minimum Gasteiger partial charge on any atom is -0.481 e. The number of carbonyl (C=O) groups excluding carboxylic acids is 1. The van der Waals surface area contributed by atoms with Crippen molar-refractivity contribution in [2.75, 3.05) is 26.8 Å². The molecule has 1 aromatic carbocycles. The molecule has 1 amide bonds. The van der Waals surface area contributed by atoms with Crippen molar-refractivity contribution in [3.63, 3.8) is 0 Å². The van der Waals surface area contributed by atoms with E-state index >= 15 is 0 Å². The Morgan fingerprint density at radius 2 is 2.12 bits per heavy atom. The van der Waals surface area contributed by atoms with Crippen LogP contribution in [0.1, 0.15) is 32.1 Å². The van der Waals surface area contributed by atoms with E-state index in [2.05, 4.69) is 0 Å². The molecule has 1 spiro atoms. The molecule has 0 unspecified atom stereocenters. The summed E-state index contributed by atoms with van der Waals surface area (Å²) in [6.07, 6.45) is 5.44. The van der Waals surface area contributed by atoms with Gasteiger partial charge in [-0.15, -0.1) is 0 Å². The summed E-state index contributed by atoms with van der Waals surface area (Å²) in [4.78, 5) is 14.2. The number of nitrogens with zero attached hydrogens (tertiary/aromatic N) is 1. The van der Waals surface area contributed by atoms with Gasteiger partial charge in [-0.25, -0.2) is 8.78 Å². The van der Waals surface area contributed by atoms with E-state index < -0.39 is 11.6 Å². The maximum Gasteiger partial charge on any atom is 0.260 e. The number of ether oxygens (including phenoxy) is 2. The lowest BCUT2D eigenvalue weighted by Gasteiger charge is -2.43. The van der Waals surface area contributed by atoms with Crippen molar-refractivity contribution in [2.24, 2.45) is 5.41 Å². The standard InChI is InChI=1S/C18H23F2NO3/c1-23-16-4-2-7-18(16)8-3-9-21(12-18)17(22)11-24-15-6-5-13(19)10-14(15)20/h5-6,10,16H,2-4,7-9,11-12H2,1H3/t16-,18+/m1/s1. The zero-order valence-corrected chi connectivity index (χ0v) is 13.9. The molecular weight excluding hydrogens is 316 g/mol. The molecule has 0 aromatic heterocycles. The van der Waals surface area contributed by atoms with Gasteiger partial charge in [-0.2, -0.15) is 0 Å². The van der Waals surface area contributed by atoms with Crippen molar-refractivity contribution in [3.05, 3.63) is 29.8 Å². The normalized spacial score (nSPS) is 26.8. The van der Waals surface area contributed by atoms with Gasteiger partial charge in [0, 0.05) is 31.7 Å². The first-order valence-corrected chi connectivity index (χ1v) is 8.42. The summed E-state index contributed by atoms with van der Waals surface area (Å²) < 4.78 is 37.3. The molecule has 1 heterocycles. The summed E-state index contributed by atoms with van der Waals surface area (Å²) in [5.41, 5.74) is 0.0454. The van der Waals surface area contributed by atoms with Gasteiger partial charge in [-0.3, -0.25) is 4.79 Å². The molecule has 1 saturated heterocycles.